The Bertz CT molecular complexity index is 652. The van der Waals surface area contributed by atoms with Gasteiger partial charge in [0, 0.05) is 38.1 Å². The van der Waals surface area contributed by atoms with Gasteiger partial charge in [0.15, 0.2) is 5.82 Å². The number of nitrogens with one attached hydrogen (secondary N) is 1. The number of piperidine rings is 1. The molecule has 1 saturated heterocycles. The van der Waals surface area contributed by atoms with Gasteiger partial charge >= 0.3 is 5.97 Å². The topological polar surface area (TPSA) is 58.2 Å². The molecule has 0 amide bonds. The summed E-state index contributed by atoms with van der Waals surface area (Å²) in [7, 11) is 0. The fourth-order valence-corrected chi connectivity index (χ4v) is 2.92. The zero-order valence-electron chi connectivity index (χ0n) is 12.3. The Morgan fingerprint density at radius 2 is 2.19 bits per heavy atom. The van der Waals surface area contributed by atoms with E-state index < -0.39 is 0 Å². The molecule has 0 aromatic carbocycles. The van der Waals surface area contributed by atoms with E-state index in [0.29, 0.717) is 0 Å². The Morgan fingerprint density at radius 1 is 1.38 bits per heavy atom. The number of rotatable bonds is 2. The molecule has 1 N–H and O–H groups in total. The van der Waals surface area contributed by atoms with Crippen molar-refractivity contribution in [2.75, 3.05) is 18.0 Å². The van der Waals surface area contributed by atoms with Crippen LogP contribution in [0.2, 0.25) is 0 Å². The Hall–Kier alpha value is -2.04. The number of anilines is 1. The minimum atomic E-state index is -0.189. The zero-order chi connectivity index (χ0) is 14.7. The number of aromatic amines is 1. The van der Waals surface area contributed by atoms with E-state index in [1.807, 2.05) is 0 Å². The van der Waals surface area contributed by atoms with Gasteiger partial charge in [0.2, 0.25) is 0 Å². The summed E-state index contributed by atoms with van der Waals surface area (Å²) in [6, 6.07) is 0. The number of fused-ring (bicyclic) bond motifs is 1. The molecule has 1 aromatic heterocycles. The number of ether oxygens (including phenoxy) is 1. The van der Waals surface area contributed by atoms with Crippen molar-refractivity contribution >= 4 is 23.9 Å². The minimum absolute atomic E-state index is 0.0509. The summed E-state index contributed by atoms with van der Waals surface area (Å²) in [6.45, 7) is 3.21. The fraction of sp³-hybridized carbons (Fsp3) is 0.500. The van der Waals surface area contributed by atoms with E-state index in [2.05, 4.69) is 39.4 Å². The highest BCUT2D eigenvalue weighted by Gasteiger charge is 2.23. The van der Waals surface area contributed by atoms with Crippen LogP contribution >= 0.6 is 0 Å². The molecule has 21 heavy (non-hydrogen) atoms. The molecule has 1 aliphatic heterocycles. The van der Waals surface area contributed by atoms with E-state index in [0.717, 1.165) is 55.2 Å². The number of H-pyrrole nitrogens is 1. The van der Waals surface area contributed by atoms with Crippen molar-refractivity contribution in [1.29, 1.82) is 0 Å². The van der Waals surface area contributed by atoms with Gasteiger partial charge in [0.1, 0.15) is 6.10 Å². The highest BCUT2D eigenvalue weighted by Crippen LogP contribution is 2.16. The van der Waals surface area contributed by atoms with Gasteiger partial charge < -0.3 is 9.64 Å². The van der Waals surface area contributed by atoms with Crippen molar-refractivity contribution in [3.63, 3.8) is 0 Å². The summed E-state index contributed by atoms with van der Waals surface area (Å²) >= 11 is 0. The van der Waals surface area contributed by atoms with Crippen molar-refractivity contribution in [2.24, 2.45) is 0 Å². The Balaban J connectivity index is 1.78. The van der Waals surface area contributed by atoms with E-state index in [1.54, 1.807) is 0 Å². The first-order valence-corrected chi connectivity index (χ1v) is 7.57. The van der Waals surface area contributed by atoms with Crippen LogP contribution in [0, 0.1) is 0 Å². The molecule has 0 atom stereocenters. The van der Waals surface area contributed by atoms with Crippen molar-refractivity contribution in [1.82, 2.24) is 10.2 Å². The van der Waals surface area contributed by atoms with Crippen molar-refractivity contribution in [2.45, 2.75) is 38.7 Å². The quantitative estimate of drug-likeness (QED) is 0.819. The molecule has 2 aliphatic rings. The molecule has 0 radical (unpaired) electrons. The molecule has 0 spiro atoms. The molecule has 0 bridgehead atoms. The van der Waals surface area contributed by atoms with Crippen molar-refractivity contribution in [3.8, 4) is 0 Å². The van der Waals surface area contributed by atoms with Crippen LogP contribution in [-0.2, 0) is 9.53 Å². The predicted octanol–water partition coefficient (Wildman–Crippen LogP) is 0.853. The molecule has 112 valence electrons. The van der Waals surface area contributed by atoms with E-state index in [1.165, 1.54) is 6.92 Å². The van der Waals surface area contributed by atoms with E-state index in [-0.39, 0.29) is 12.1 Å². The lowest BCUT2D eigenvalue weighted by molar-refractivity contribution is -0.147. The lowest BCUT2D eigenvalue weighted by Gasteiger charge is -2.31. The third-order valence-electron chi connectivity index (χ3n) is 3.97. The summed E-state index contributed by atoms with van der Waals surface area (Å²) in [5.74, 6) is 0.820. The van der Waals surface area contributed by atoms with Crippen LogP contribution in [0.3, 0.4) is 0 Å². The van der Waals surface area contributed by atoms with E-state index >= 15 is 0 Å². The van der Waals surface area contributed by atoms with Crippen LogP contribution in [-0.4, -0.2) is 35.4 Å². The first kappa shape index (κ1) is 13.9. The van der Waals surface area contributed by atoms with E-state index in [4.69, 9.17) is 4.74 Å². The maximum Gasteiger partial charge on any atom is 0.302 e. The third-order valence-corrected chi connectivity index (χ3v) is 3.97. The van der Waals surface area contributed by atoms with Crippen LogP contribution < -0.4 is 15.5 Å². The van der Waals surface area contributed by atoms with Gasteiger partial charge in [-0.05, 0) is 18.9 Å². The summed E-state index contributed by atoms with van der Waals surface area (Å²) in [6.07, 6.45) is 12.5. The highest BCUT2D eigenvalue weighted by atomic mass is 16.5. The number of aromatic nitrogens is 2. The first-order valence-electron chi connectivity index (χ1n) is 7.57. The normalized spacial score (nSPS) is 19.0. The minimum Gasteiger partial charge on any atom is -0.462 e. The van der Waals surface area contributed by atoms with Gasteiger partial charge in [-0.25, -0.2) is 0 Å². The number of hydrogen-bond acceptors (Lipinski definition) is 4. The lowest BCUT2D eigenvalue weighted by Crippen LogP contribution is -2.40. The van der Waals surface area contributed by atoms with Gasteiger partial charge in [0.25, 0.3) is 0 Å². The smallest absolute Gasteiger partial charge is 0.302 e. The Kier molecular flexibility index (Phi) is 4.08. The fourth-order valence-electron chi connectivity index (χ4n) is 2.92. The highest BCUT2D eigenvalue weighted by molar-refractivity contribution is 5.66. The van der Waals surface area contributed by atoms with Crippen LogP contribution in [0.4, 0.5) is 5.82 Å². The maximum absolute atomic E-state index is 11.0. The number of esters is 1. The summed E-state index contributed by atoms with van der Waals surface area (Å²) in [4.78, 5) is 13.3. The number of allylic oxidation sites excluding steroid dienone is 2. The molecule has 5 nitrogen and oxygen atoms in total. The number of hydrogen-bond donors (Lipinski definition) is 1. The average Bonchev–Trinajstić information content (AvgIpc) is 2.81. The molecule has 0 saturated carbocycles. The second-order valence-corrected chi connectivity index (χ2v) is 5.55. The molecular weight excluding hydrogens is 266 g/mol. The lowest BCUT2D eigenvalue weighted by atomic mass is 10.1. The Labute approximate surface area is 124 Å². The number of carbonyl (C=O) groups excluding carboxylic acids is 1. The second-order valence-electron chi connectivity index (χ2n) is 5.55. The zero-order valence-corrected chi connectivity index (χ0v) is 12.3. The molecule has 2 heterocycles. The van der Waals surface area contributed by atoms with Crippen molar-refractivity contribution < 1.29 is 9.53 Å². The van der Waals surface area contributed by atoms with Gasteiger partial charge in [0.05, 0.1) is 5.35 Å². The first-order chi connectivity index (χ1) is 10.2. The average molecular weight is 287 g/mol. The molecule has 1 aliphatic carbocycles. The molecule has 1 fully saturated rings. The maximum atomic E-state index is 11.0. The third kappa shape index (κ3) is 3.17. The van der Waals surface area contributed by atoms with Gasteiger partial charge in [-0.2, -0.15) is 5.10 Å². The summed E-state index contributed by atoms with van der Waals surface area (Å²) in [5.41, 5.74) is 0. The van der Waals surface area contributed by atoms with Crippen LogP contribution in [0.15, 0.2) is 12.2 Å². The van der Waals surface area contributed by atoms with Gasteiger partial charge in [-0.1, -0.05) is 18.2 Å². The standard InChI is InChI=1S/C16H21N3O2/c1-12(20)21-13-8-10-19(11-9-13)16-14-6-4-2-3-5-7-15(14)17-18-16/h2,4,6-7,13,17H,3,5,8-11H2,1H3. The van der Waals surface area contributed by atoms with Gasteiger partial charge in [-0.15, -0.1) is 0 Å². The van der Waals surface area contributed by atoms with Crippen LogP contribution in [0.25, 0.3) is 12.2 Å². The van der Waals surface area contributed by atoms with Gasteiger partial charge in [-0.3, -0.25) is 9.89 Å². The number of carbonyl (C=O) groups is 1. The van der Waals surface area contributed by atoms with Crippen LogP contribution in [0.1, 0.15) is 32.6 Å². The monoisotopic (exact) mass is 287 g/mol. The summed E-state index contributed by atoms with van der Waals surface area (Å²) < 4.78 is 5.29. The van der Waals surface area contributed by atoms with E-state index in [9.17, 15) is 4.79 Å². The molecule has 5 heteroatoms. The second kappa shape index (κ2) is 6.16. The largest absolute Gasteiger partial charge is 0.462 e. The Morgan fingerprint density at radius 3 is 2.95 bits per heavy atom. The van der Waals surface area contributed by atoms with Crippen molar-refractivity contribution in [3.05, 3.63) is 22.7 Å². The molecular formula is C16H21N3O2. The predicted molar refractivity (Wildman–Crippen MR) is 82.1 cm³/mol. The number of nitrogens with zero attached hydrogens (tertiary/aromatic N) is 2. The molecule has 1 aromatic rings. The van der Waals surface area contributed by atoms with Crippen LogP contribution in [0.5, 0.6) is 0 Å². The SMILES string of the molecule is CC(=O)OC1CCN(c2n[nH]c3c2=CC=CCCC=3)CC1. The molecule has 0 unspecified atom stereocenters. The summed E-state index contributed by atoms with van der Waals surface area (Å²) in [5, 5.41) is 9.90. The molecule has 3 rings (SSSR count).